The van der Waals surface area contributed by atoms with Crippen LogP contribution < -0.4 is 5.56 Å². The van der Waals surface area contributed by atoms with Crippen molar-refractivity contribution in [2.75, 3.05) is 26.2 Å². The molecule has 3 aromatic carbocycles. The van der Waals surface area contributed by atoms with Crippen LogP contribution in [0, 0.1) is 27.7 Å². The topological polar surface area (TPSA) is 92.6 Å². The van der Waals surface area contributed by atoms with Crippen LogP contribution in [-0.4, -0.2) is 59.3 Å². The first-order valence-corrected chi connectivity index (χ1v) is 14.0. The number of rotatable bonds is 4. The molecule has 196 valence electrons. The van der Waals surface area contributed by atoms with Gasteiger partial charge >= 0.3 is 0 Å². The van der Waals surface area contributed by atoms with Gasteiger partial charge in [-0.15, -0.1) is 0 Å². The summed E-state index contributed by atoms with van der Waals surface area (Å²) in [5.41, 5.74) is 4.98. The monoisotopic (exact) mass is 530 g/mol. The summed E-state index contributed by atoms with van der Waals surface area (Å²) < 4.78 is 30.0. The number of aromatic nitrogens is 2. The van der Waals surface area contributed by atoms with Gasteiger partial charge in [-0.2, -0.15) is 4.31 Å². The maximum absolute atomic E-state index is 13.6. The molecular weight excluding hydrogens is 500 g/mol. The van der Waals surface area contributed by atoms with Gasteiger partial charge in [0, 0.05) is 31.7 Å². The van der Waals surface area contributed by atoms with E-state index in [2.05, 4.69) is 4.98 Å². The van der Waals surface area contributed by atoms with E-state index >= 15 is 0 Å². The van der Waals surface area contributed by atoms with Crippen LogP contribution in [0.3, 0.4) is 0 Å². The molecular formula is C29H30N4O4S. The molecule has 8 nitrogen and oxygen atoms in total. The highest BCUT2D eigenvalue weighted by Crippen LogP contribution is 2.29. The van der Waals surface area contributed by atoms with Gasteiger partial charge < -0.3 is 4.90 Å². The quantitative estimate of drug-likeness (QED) is 0.401. The summed E-state index contributed by atoms with van der Waals surface area (Å²) in [4.78, 5) is 32.5. The fourth-order valence-electron chi connectivity index (χ4n) is 5.03. The maximum Gasteiger partial charge on any atom is 0.265 e. The van der Waals surface area contributed by atoms with Gasteiger partial charge in [0.2, 0.25) is 10.0 Å². The highest BCUT2D eigenvalue weighted by Gasteiger charge is 2.33. The molecule has 0 bridgehead atoms. The molecule has 1 saturated heterocycles. The number of hydrogen-bond acceptors (Lipinski definition) is 5. The van der Waals surface area contributed by atoms with Gasteiger partial charge in [0.1, 0.15) is 6.33 Å². The number of sulfonamides is 1. The molecule has 1 aliphatic rings. The van der Waals surface area contributed by atoms with E-state index in [4.69, 9.17) is 0 Å². The lowest BCUT2D eigenvalue weighted by Gasteiger charge is -2.35. The van der Waals surface area contributed by atoms with Crippen LogP contribution in [-0.2, 0) is 10.0 Å². The predicted molar refractivity (Wildman–Crippen MR) is 147 cm³/mol. The molecule has 0 atom stereocenters. The minimum atomic E-state index is -3.68. The highest BCUT2D eigenvalue weighted by molar-refractivity contribution is 7.89. The van der Waals surface area contributed by atoms with Gasteiger partial charge in [-0.05, 0) is 86.3 Å². The van der Waals surface area contributed by atoms with E-state index in [9.17, 15) is 18.0 Å². The number of aryl methyl sites for hydroxylation is 2. The van der Waals surface area contributed by atoms with E-state index in [0.717, 1.165) is 22.3 Å². The first kappa shape index (κ1) is 25.8. The smallest absolute Gasteiger partial charge is 0.265 e. The Morgan fingerprint density at radius 1 is 0.842 bits per heavy atom. The standard InChI is InChI=1S/C29H30N4O4S/c1-19-17-20(2)22(4)27(21(19)3)38(36,37)32-15-13-31(14-16-32)28(34)23-9-11-24(12-10-23)33-18-30-26-8-6-5-7-25(26)29(33)35/h5-12,17-18H,13-16H2,1-4H3. The highest BCUT2D eigenvalue weighted by atomic mass is 32.2. The number of nitrogens with zero attached hydrogens (tertiary/aromatic N) is 4. The molecule has 5 rings (SSSR count). The third-order valence-electron chi connectivity index (χ3n) is 7.48. The molecule has 0 radical (unpaired) electrons. The number of benzene rings is 3. The normalized spacial score (nSPS) is 14.7. The Bertz CT molecular complexity index is 1690. The summed E-state index contributed by atoms with van der Waals surface area (Å²) in [6, 6.07) is 16.0. The third-order valence-corrected chi connectivity index (χ3v) is 9.65. The number of carbonyl (C=O) groups is 1. The van der Waals surface area contributed by atoms with Crippen LogP contribution in [0.15, 0.2) is 70.6 Å². The molecule has 2 heterocycles. The largest absolute Gasteiger partial charge is 0.336 e. The Morgan fingerprint density at radius 3 is 2.08 bits per heavy atom. The van der Waals surface area contributed by atoms with Crippen LogP contribution >= 0.6 is 0 Å². The Hall–Kier alpha value is -3.82. The Labute approximate surface area is 222 Å². The number of hydrogen-bond donors (Lipinski definition) is 0. The van der Waals surface area contributed by atoms with Gasteiger partial charge in [-0.3, -0.25) is 14.2 Å². The molecule has 1 fully saturated rings. The molecule has 0 spiro atoms. The van der Waals surface area contributed by atoms with Crippen molar-refractivity contribution in [1.82, 2.24) is 18.8 Å². The molecule has 1 aliphatic heterocycles. The van der Waals surface area contributed by atoms with Gasteiger partial charge in [-0.1, -0.05) is 18.2 Å². The predicted octanol–water partition coefficient (Wildman–Crippen LogP) is 3.77. The SMILES string of the molecule is Cc1cc(C)c(C)c(S(=O)(=O)N2CCN(C(=O)c3ccc(-n4cnc5ccccc5c4=O)cc3)CC2)c1C. The summed E-state index contributed by atoms with van der Waals surface area (Å²) in [7, 11) is -3.68. The van der Waals surface area contributed by atoms with E-state index in [0.29, 0.717) is 40.1 Å². The number of amides is 1. The fraction of sp³-hybridized carbons (Fsp3) is 0.276. The van der Waals surface area contributed by atoms with Crippen molar-refractivity contribution in [2.45, 2.75) is 32.6 Å². The van der Waals surface area contributed by atoms with Crippen LogP contribution in [0.1, 0.15) is 32.6 Å². The zero-order chi connectivity index (χ0) is 27.2. The zero-order valence-corrected chi connectivity index (χ0v) is 22.7. The molecule has 0 saturated carbocycles. The van der Waals surface area contributed by atoms with Crippen LogP contribution in [0.4, 0.5) is 0 Å². The summed E-state index contributed by atoms with van der Waals surface area (Å²) in [6.45, 7) is 8.62. The molecule has 9 heteroatoms. The van der Waals surface area contributed by atoms with Crippen LogP contribution in [0.2, 0.25) is 0 Å². The van der Waals surface area contributed by atoms with Crippen LogP contribution in [0.5, 0.6) is 0 Å². The van der Waals surface area contributed by atoms with Gasteiger partial charge in [0.05, 0.1) is 21.5 Å². The van der Waals surface area contributed by atoms with Crippen molar-refractivity contribution in [2.24, 2.45) is 0 Å². The van der Waals surface area contributed by atoms with E-state index in [-0.39, 0.29) is 24.6 Å². The first-order valence-electron chi connectivity index (χ1n) is 12.5. The fourth-order valence-corrected chi connectivity index (χ4v) is 7.03. The van der Waals surface area contributed by atoms with E-state index in [1.807, 2.05) is 39.8 Å². The average molecular weight is 531 g/mol. The molecule has 0 unspecified atom stereocenters. The second-order valence-corrected chi connectivity index (χ2v) is 11.6. The first-order chi connectivity index (χ1) is 18.1. The Kier molecular flexibility index (Phi) is 6.66. The van der Waals surface area contributed by atoms with Crippen LogP contribution in [0.25, 0.3) is 16.6 Å². The maximum atomic E-state index is 13.6. The summed E-state index contributed by atoms with van der Waals surface area (Å²) in [6.07, 6.45) is 1.49. The number of fused-ring (bicyclic) bond motifs is 1. The lowest BCUT2D eigenvalue weighted by molar-refractivity contribution is 0.0698. The summed E-state index contributed by atoms with van der Waals surface area (Å²) >= 11 is 0. The Morgan fingerprint density at radius 2 is 1.45 bits per heavy atom. The van der Waals surface area contributed by atoms with Crippen molar-refractivity contribution in [3.05, 3.63) is 99.1 Å². The molecule has 1 aromatic heterocycles. The molecule has 0 N–H and O–H groups in total. The molecule has 0 aliphatic carbocycles. The summed E-state index contributed by atoms with van der Waals surface area (Å²) in [5.74, 6) is -0.170. The lowest BCUT2D eigenvalue weighted by Crippen LogP contribution is -2.50. The van der Waals surface area contributed by atoms with Crippen molar-refractivity contribution < 1.29 is 13.2 Å². The number of carbonyl (C=O) groups excluding carboxylic acids is 1. The van der Waals surface area contributed by atoms with Crippen molar-refractivity contribution in [1.29, 1.82) is 0 Å². The van der Waals surface area contributed by atoms with E-state index < -0.39 is 10.0 Å². The molecule has 38 heavy (non-hydrogen) atoms. The van der Waals surface area contributed by atoms with Crippen molar-refractivity contribution in [3.63, 3.8) is 0 Å². The minimum Gasteiger partial charge on any atom is -0.336 e. The number of para-hydroxylation sites is 1. The second kappa shape index (κ2) is 9.81. The van der Waals surface area contributed by atoms with Gasteiger partial charge in [0.15, 0.2) is 0 Å². The minimum absolute atomic E-state index is 0.170. The molecule has 1 amide bonds. The average Bonchev–Trinajstić information content (AvgIpc) is 2.92. The zero-order valence-electron chi connectivity index (χ0n) is 21.9. The van der Waals surface area contributed by atoms with Gasteiger partial charge in [0.25, 0.3) is 11.5 Å². The molecule has 4 aromatic rings. The van der Waals surface area contributed by atoms with E-state index in [1.54, 1.807) is 47.4 Å². The lowest BCUT2D eigenvalue weighted by atomic mass is 10.0. The summed E-state index contributed by atoms with van der Waals surface area (Å²) in [5, 5.41) is 0.522. The van der Waals surface area contributed by atoms with E-state index in [1.165, 1.54) is 15.2 Å². The number of piperazine rings is 1. The van der Waals surface area contributed by atoms with Gasteiger partial charge in [-0.25, -0.2) is 13.4 Å². The second-order valence-electron chi connectivity index (χ2n) is 9.77. The van der Waals surface area contributed by atoms with Crippen molar-refractivity contribution >= 4 is 26.8 Å². The Balaban J connectivity index is 1.31. The third kappa shape index (κ3) is 4.41. The van der Waals surface area contributed by atoms with Crippen molar-refractivity contribution in [3.8, 4) is 5.69 Å².